The number of rotatable bonds is 5. The molecule has 0 bridgehead atoms. The van der Waals surface area contributed by atoms with Crippen molar-refractivity contribution in [2.24, 2.45) is 0 Å². The van der Waals surface area contributed by atoms with Gasteiger partial charge in [-0.2, -0.15) is 0 Å². The highest BCUT2D eigenvalue weighted by Crippen LogP contribution is 2.25. The molecule has 0 saturated heterocycles. The maximum absolute atomic E-state index is 14.0. The molecule has 0 atom stereocenters. The van der Waals surface area contributed by atoms with Crippen molar-refractivity contribution in [2.75, 3.05) is 6.54 Å². The molecule has 3 nitrogen and oxygen atoms in total. The maximum Gasteiger partial charge on any atom is 0.304 e. The molecule has 1 aromatic rings. The Balaban J connectivity index is 3.01. The summed E-state index contributed by atoms with van der Waals surface area (Å²) in [5, 5.41) is 8.77. The van der Waals surface area contributed by atoms with Crippen LogP contribution in [-0.4, -0.2) is 28.1 Å². The molecule has 0 radical (unpaired) electrons. The van der Waals surface area contributed by atoms with Gasteiger partial charge in [0.1, 0.15) is 11.6 Å². The third-order valence-electron chi connectivity index (χ3n) is 3.03. The number of hydrogen-bond acceptors (Lipinski definition) is 2. The molecule has 20 heavy (non-hydrogen) atoms. The fraction of sp³-hybridized carbons (Fsp3) is 0.500. The van der Waals surface area contributed by atoms with Gasteiger partial charge in [0, 0.05) is 24.2 Å². The monoisotopic (exact) mass is 349 g/mol. The minimum Gasteiger partial charge on any atom is -0.481 e. The van der Waals surface area contributed by atoms with Crippen molar-refractivity contribution in [1.29, 1.82) is 0 Å². The summed E-state index contributed by atoms with van der Waals surface area (Å²) in [6.45, 7) is 5.88. The number of benzene rings is 1. The highest BCUT2D eigenvalue weighted by atomic mass is 79.9. The number of carboxylic acid groups (broad SMARTS) is 1. The van der Waals surface area contributed by atoms with Gasteiger partial charge in [-0.1, -0.05) is 0 Å². The average molecular weight is 350 g/mol. The molecule has 112 valence electrons. The van der Waals surface area contributed by atoms with Crippen molar-refractivity contribution < 1.29 is 18.7 Å². The molecule has 0 amide bonds. The second-order valence-corrected chi connectivity index (χ2v) is 6.41. The Hall–Kier alpha value is -1.01. The lowest BCUT2D eigenvalue weighted by molar-refractivity contribution is -0.137. The molecule has 0 aliphatic carbocycles. The number of carboxylic acids is 1. The fourth-order valence-electron chi connectivity index (χ4n) is 1.79. The molecule has 1 aromatic carbocycles. The maximum atomic E-state index is 14.0. The molecule has 0 saturated carbocycles. The van der Waals surface area contributed by atoms with E-state index in [0.717, 1.165) is 0 Å². The highest BCUT2D eigenvalue weighted by Gasteiger charge is 2.25. The normalized spacial score (nSPS) is 11.9. The quantitative estimate of drug-likeness (QED) is 0.822. The molecular weight excluding hydrogens is 332 g/mol. The number of carbonyl (C=O) groups is 1. The third-order valence-corrected chi connectivity index (χ3v) is 3.64. The van der Waals surface area contributed by atoms with Gasteiger partial charge in [-0.15, -0.1) is 0 Å². The molecule has 1 rings (SSSR count). The van der Waals surface area contributed by atoms with Crippen molar-refractivity contribution >= 4 is 21.9 Å². The topological polar surface area (TPSA) is 40.5 Å². The third kappa shape index (κ3) is 4.52. The van der Waals surface area contributed by atoms with Crippen LogP contribution in [0, 0.1) is 11.6 Å². The highest BCUT2D eigenvalue weighted by molar-refractivity contribution is 9.10. The van der Waals surface area contributed by atoms with Crippen molar-refractivity contribution in [3.63, 3.8) is 0 Å². The predicted molar refractivity (Wildman–Crippen MR) is 76.5 cm³/mol. The van der Waals surface area contributed by atoms with Crippen molar-refractivity contribution in [2.45, 2.75) is 39.3 Å². The summed E-state index contributed by atoms with van der Waals surface area (Å²) in [5.74, 6) is -2.21. The van der Waals surface area contributed by atoms with Crippen LogP contribution in [-0.2, 0) is 11.3 Å². The van der Waals surface area contributed by atoms with Gasteiger partial charge in [-0.05, 0) is 48.8 Å². The van der Waals surface area contributed by atoms with E-state index >= 15 is 0 Å². The number of halogens is 3. The van der Waals surface area contributed by atoms with Gasteiger partial charge in [0.05, 0.1) is 10.9 Å². The fourth-order valence-corrected chi connectivity index (χ4v) is 2.16. The SMILES string of the molecule is CC(C)(C)N(CCC(=O)O)Cc1c(F)ccc(Br)c1F. The Morgan fingerprint density at radius 2 is 1.95 bits per heavy atom. The van der Waals surface area contributed by atoms with Crippen molar-refractivity contribution in [3.8, 4) is 0 Å². The predicted octanol–water partition coefficient (Wildman–Crippen LogP) is 3.80. The summed E-state index contributed by atoms with van der Waals surface area (Å²) in [5.41, 5.74) is -0.448. The van der Waals surface area contributed by atoms with E-state index in [-0.39, 0.29) is 29.5 Å². The van der Waals surface area contributed by atoms with Crippen LogP contribution in [0.3, 0.4) is 0 Å². The van der Waals surface area contributed by atoms with Gasteiger partial charge in [0.2, 0.25) is 0 Å². The molecule has 0 unspecified atom stereocenters. The van der Waals surface area contributed by atoms with Crippen molar-refractivity contribution in [1.82, 2.24) is 4.90 Å². The average Bonchev–Trinajstić information content (AvgIpc) is 2.31. The second kappa shape index (κ2) is 6.63. The first-order valence-electron chi connectivity index (χ1n) is 6.22. The summed E-state index contributed by atoms with van der Waals surface area (Å²) in [6, 6.07) is 2.51. The summed E-state index contributed by atoms with van der Waals surface area (Å²) in [4.78, 5) is 12.4. The summed E-state index contributed by atoms with van der Waals surface area (Å²) < 4.78 is 27.9. The Bertz CT molecular complexity index is 501. The van der Waals surface area contributed by atoms with Crippen LogP contribution < -0.4 is 0 Å². The molecule has 0 spiro atoms. The zero-order valence-electron chi connectivity index (χ0n) is 11.7. The van der Waals surface area contributed by atoms with Crippen LogP contribution in [0.1, 0.15) is 32.8 Å². The Labute approximate surface area is 125 Å². The Morgan fingerprint density at radius 1 is 1.35 bits per heavy atom. The van der Waals surface area contributed by atoms with Crippen LogP contribution in [0.5, 0.6) is 0 Å². The zero-order valence-corrected chi connectivity index (χ0v) is 13.3. The number of aliphatic carboxylic acids is 1. The zero-order chi connectivity index (χ0) is 15.5. The van der Waals surface area contributed by atoms with Crippen LogP contribution in [0.25, 0.3) is 0 Å². The van der Waals surface area contributed by atoms with Crippen LogP contribution in [0.15, 0.2) is 16.6 Å². The largest absolute Gasteiger partial charge is 0.481 e. The summed E-state index contributed by atoms with van der Waals surface area (Å²) >= 11 is 3.03. The lowest BCUT2D eigenvalue weighted by Gasteiger charge is -2.35. The Kier molecular flexibility index (Phi) is 5.65. The van der Waals surface area contributed by atoms with E-state index in [9.17, 15) is 13.6 Å². The molecule has 0 aliphatic rings. The summed E-state index contributed by atoms with van der Waals surface area (Å²) in [6.07, 6.45) is -0.0749. The van der Waals surface area contributed by atoms with Gasteiger partial charge in [-0.25, -0.2) is 8.78 Å². The van der Waals surface area contributed by atoms with E-state index in [1.54, 1.807) is 4.90 Å². The molecule has 0 aliphatic heterocycles. The van der Waals surface area contributed by atoms with Gasteiger partial charge in [0.15, 0.2) is 0 Å². The lowest BCUT2D eigenvalue weighted by Crippen LogP contribution is -2.42. The number of hydrogen-bond donors (Lipinski definition) is 1. The summed E-state index contributed by atoms with van der Waals surface area (Å²) in [7, 11) is 0. The van der Waals surface area contributed by atoms with E-state index in [1.807, 2.05) is 20.8 Å². The molecule has 1 N–H and O–H groups in total. The first-order chi connectivity index (χ1) is 9.12. The Morgan fingerprint density at radius 3 is 2.45 bits per heavy atom. The van der Waals surface area contributed by atoms with Crippen molar-refractivity contribution in [3.05, 3.63) is 33.8 Å². The standard InChI is InChI=1S/C14H18BrF2NO2/c1-14(2,3)18(7-6-12(19)20)8-9-11(16)5-4-10(15)13(9)17/h4-5H,6-8H2,1-3H3,(H,19,20). The van der Waals surface area contributed by atoms with Crippen LogP contribution in [0.4, 0.5) is 8.78 Å². The lowest BCUT2D eigenvalue weighted by atomic mass is 10.0. The van der Waals surface area contributed by atoms with Crippen LogP contribution in [0.2, 0.25) is 0 Å². The van der Waals surface area contributed by atoms with E-state index in [0.29, 0.717) is 0 Å². The van der Waals surface area contributed by atoms with E-state index in [2.05, 4.69) is 15.9 Å². The minimum absolute atomic E-state index is 0.0217. The molecule has 6 heteroatoms. The van der Waals surface area contributed by atoms with Gasteiger partial charge in [0.25, 0.3) is 0 Å². The van der Waals surface area contributed by atoms with E-state index < -0.39 is 23.1 Å². The number of nitrogens with zero attached hydrogens (tertiary/aromatic N) is 1. The first-order valence-corrected chi connectivity index (χ1v) is 7.01. The second-order valence-electron chi connectivity index (χ2n) is 5.56. The van der Waals surface area contributed by atoms with E-state index in [1.165, 1.54) is 12.1 Å². The van der Waals surface area contributed by atoms with E-state index in [4.69, 9.17) is 5.11 Å². The first kappa shape index (κ1) is 17.0. The minimum atomic E-state index is -0.936. The van der Waals surface area contributed by atoms with Gasteiger partial charge < -0.3 is 5.11 Å². The smallest absolute Gasteiger partial charge is 0.304 e. The molecule has 0 fully saturated rings. The van der Waals surface area contributed by atoms with Crippen LogP contribution >= 0.6 is 15.9 Å². The van der Waals surface area contributed by atoms with Gasteiger partial charge >= 0.3 is 5.97 Å². The molecular formula is C14H18BrF2NO2. The molecule has 0 aromatic heterocycles. The molecule has 0 heterocycles. The van der Waals surface area contributed by atoms with Gasteiger partial charge in [-0.3, -0.25) is 9.69 Å².